The van der Waals surface area contributed by atoms with Crippen LogP contribution in [0.25, 0.3) is 0 Å². The maximum absolute atomic E-state index is 9.22. The molecule has 2 unspecified atom stereocenters. The van der Waals surface area contributed by atoms with Gasteiger partial charge in [0.2, 0.25) is 0 Å². The number of aliphatic hydroxyl groups excluding tert-OH is 1. The van der Waals surface area contributed by atoms with Gasteiger partial charge in [0.1, 0.15) is 0 Å². The fourth-order valence-corrected chi connectivity index (χ4v) is 1.13. The molecule has 0 aliphatic heterocycles. The van der Waals surface area contributed by atoms with Crippen molar-refractivity contribution in [2.45, 2.75) is 52.7 Å². The van der Waals surface area contributed by atoms with E-state index in [4.69, 9.17) is 4.74 Å². The summed E-state index contributed by atoms with van der Waals surface area (Å²) in [6, 6.07) is 0. The Morgan fingerprint density at radius 2 is 1.83 bits per heavy atom. The zero-order chi connectivity index (χ0) is 9.56. The summed E-state index contributed by atoms with van der Waals surface area (Å²) in [5.41, 5.74) is 0. The monoisotopic (exact) mass is 174 g/mol. The van der Waals surface area contributed by atoms with E-state index in [0.717, 1.165) is 12.8 Å². The highest BCUT2D eigenvalue weighted by Crippen LogP contribution is 2.08. The molecule has 0 saturated heterocycles. The van der Waals surface area contributed by atoms with Gasteiger partial charge in [0, 0.05) is 0 Å². The zero-order valence-electron chi connectivity index (χ0n) is 8.71. The van der Waals surface area contributed by atoms with Gasteiger partial charge in [-0.05, 0) is 25.7 Å². The lowest BCUT2D eigenvalue weighted by molar-refractivity contribution is -0.0101. The minimum absolute atomic E-state index is 0.270. The molecule has 0 aromatic carbocycles. The first-order valence-electron chi connectivity index (χ1n) is 4.85. The van der Waals surface area contributed by atoms with Crippen molar-refractivity contribution in [3.63, 3.8) is 0 Å². The Balaban J connectivity index is 3.36. The molecular weight excluding hydrogens is 152 g/mol. The predicted octanol–water partition coefficient (Wildman–Crippen LogP) is 2.21. The van der Waals surface area contributed by atoms with Crippen LogP contribution in [-0.2, 0) is 4.74 Å². The zero-order valence-corrected chi connectivity index (χ0v) is 8.71. The molecule has 0 amide bonds. The van der Waals surface area contributed by atoms with Crippen LogP contribution in [0.15, 0.2) is 0 Å². The Labute approximate surface area is 75.9 Å². The Morgan fingerprint density at radius 3 is 2.25 bits per heavy atom. The molecule has 2 atom stereocenters. The van der Waals surface area contributed by atoms with E-state index >= 15 is 0 Å². The van der Waals surface area contributed by atoms with Crippen LogP contribution in [0.4, 0.5) is 0 Å². The van der Waals surface area contributed by atoms with Crippen molar-refractivity contribution in [3.05, 3.63) is 0 Å². The Hall–Kier alpha value is -0.0800. The van der Waals surface area contributed by atoms with Crippen LogP contribution in [0, 0.1) is 5.92 Å². The van der Waals surface area contributed by atoms with Crippen molar-refractivity contribution >= 4 is 0 Å². The number of hydrogen-bond acceptors (Lipinski definition) is 2. The van der Waals surface area contributed by atoms with Gasteiger partial charge in [-0.15, -0.1) is 0 Å². The number of hydrogen-bond donors (Lipinski definition) is 1. The van der Waals surface area contributed by atoms with E-state index in [-0.39, 0.29) is 12.2 Å². The van der Waals surface area contributed by atoms with E-state index in [9.17, 15) is 5.11 Å². The van der Waals surface area contributed by atoms with Crippen molar-refractivity contribution in [1.29, 1.82) is 0 Å². The minimum Gasteiger partial charge on any atom is -0.391 e. The van der Waals surface area contributed by atoms with Crippen LogP contribution in [-0.4, -0.2) is 23.9 Å². The number of ether oxygens (including phenoxy) is 1. The highest BCUT2D eigenvalue weighted by molar-refractivity contribution is 4.56. The average Bonchev–Trinajstić information content (AvgIpc) is 1.99. The van der Waals surface area contributed by atoms with Gasteiger partial charge in [-0.1, -0.05) is 20.8 Å². The molecule has 1 N–H and O–H groups in total. The number of rotatable bonds is 6. The highest BCUT2D eigenvalue weighted by atomic mass is 16.5. The van der Waals surface area contributed by atoms with Gasteiger partial charge in [-0.2, -0.15) is 0 Å². The molecule has 2 nitrogen and oxygen atoms in total. The van der Waals surface area contributed by atoms with Crippen molar-refractivity contribution < 1.29 is 9.84 Å². The second kappa shape index (κ2) is 6.44. The molecule has 0 radical (unpaired) electrons. The van der Waals surface area contributed by atoms with Gasteiger partial charge < -0.3 is 9.84 Å². The summed E-state index contributed by atoms with van der Waals surface area (Å²) >= 11 is 0. The van der Waals surface area contributed by atoms with Crippen molar-refractivity contribution in [1.82, 2.24) is 0 Å². The van der Waals surface area contributed by atoms with Gasteiger partial charge in [-0.25, -0.2) is 0 Å². The van der Waals surface area contributed by atoms with Crippen LogP contribution >= 0.6 is 0 Å². The SMILES string of the molecule is CCC(O)COC(C)CC(C)C. The van der Waals surface area contributed by atoms with Crippen LogP contribution in [0.1, 0.15) is 40.5 Å². The Kier molecular flexibility index (Phi) is 6.39. The molecule has 0 aromatic heterocycles. The molecular formula is C10H22O2. The van der Waals surface area contributed by atoms with Crippen molar-refractivity contribution in [3.8, 4) is 0 Å². The molecule has 2 heteroatoms. The smallest absolute Gasteiger partial charge is 0.0771 e. The number of aliphatic hydroxyl groups is 1. The molecule has 0 aliphatic rings. The van der Waals surface area contributed by atoms with E-state index in [1.807, 2.05) is 6.92 Å². The first-order valence-corrected chi connectivity index (χ1v) is 4.85. The molecule has 12 heavy (non-hydrogen) atoms. The summed E-state index contributed by atoms with van der Waals surface area (Å²) in [4.78, 5) is 0. The summed E-state index contributed by atoms with van der Waals surface area (Å²) < 4.78 is 5.46. The summed E-state index contributed by atoms with van der Waals surface area (Å²) in [5, 5.41) is 9.22. The van der Waals surface area contributed by atoms with Gasteiger partial charge in [0.15, 0.2) is 0 Å². The van der Waals surface area contributed by atoms with Gasteiger partial charge in [0.05, 0.1) is 18.8 Å². The summed E-state index contributed by atoms with van der Waals surface area (Å²) in [7, 11) is 0. The fourth-order valence-electron chi connectivity index (χ4n) is 1.13. The van der Waals surface area contributed by atoms with Gasteiger partial charge in [-0.3, -0.25) is 0 Å². The van der Waals surface area contributed by atoms with E-state index in [1.165, 1.54) is 0 Å². The average molecular weight is 174 g/mol. The fraction of sp³-hybridized carbons (Fsp3) is 1.00. The van der Waals surface area contributed by atoms with E-state index < -0.39 is 0 Å². The molecule has 0 saturated carbocycles. The third-order valence-corrected chi connectivity index (χ3v) is 1.85. The quantitative estimate of drug-likeness (QED) is 0.669. The Bertz CT molecular complexity index is 102. The van der Waals surface area contributed by atoms with Crippen LogP contribution in [0.3, 0.4) is 0 Å². The first kappa shape index (κ1) is 11.9. The van der Waals surface area contributed by atoms with Crippen molar-refractivity contribution in [2.75, 3.05) is 6.61 Å². The topological polar surface area (TPSA) is 29.5 Å². The van der Waals surface area contributed by atoms with E-state index in [1.54, 1.807) is 0 Å². The van der Waals surface area contributed by atoms with Crippen molar-refractivity contribution in [2.24, 2.45) is 5.92 Å². The Morgan fingerprint density at radius 1 is 1.25 bits per heavy atom. The van der Waals surface area contributed by atoms with Crippen LogP contribution in [0.5, 0.6) is 0 Å². The second-order valence-corrected chi connectivity index (χ2v) is 3.84. The third-order valence-electron chi connectivity index (χ3n) is 1.85. The molecule has 0 aromatic rings. The van der Waals surface area contributed by atoms with Crippen LogP contribution < -0.4 is 0 Å². The van der Waals surface area contributed by atoms with Crippen LogP contribution in [0.2, 0.25) is 0 Å². The molecule has 0 aliphatic carbocycles. The molecule has 0 heterocycles. The predicted molar refractivity (Wildman–Crippen MR) is 51.2 cm³/mol. The molecule has 0 spiro atoms. The molecule has 0 fully saturated rings. The first-order chi connectivity index (χ1) is 5.56. The highest BCUT2D eigenvalue weighted by Gasteiger charge is 2.07. The lowest BCUT2D eigenvalue weighted by Gasteiger charge is -2.16. The summed E-state index contributed by atoms with van der Waals surface area (Å²) in [6.45, 7) is 8.85. The standard InChI is InChI=1S/C10H22O2/c1-5-10(11)7-12-9(4)6-8(2)3/h8-11H,5-7H2,1-4H3. The third kappa shape index (κ3) is 6.62. The second-order valence-electron chi connectivity index (χ2n) is 3.84. The van der Waals surface area contributed by atoms with Gasteiger partial charge in [0.25, 0.3) is 0 Å². The van der Waals surface area contributed by atoms with Gasteiger partial charge >= 0.3 is 0 Å². The summed E-state index contributed by atoms with van der Waals surface area (Å²) in [6.07, 6.45) is 1.82. The largest absolute Gasteiger partial charge is 0.391 e. The summed E-state index contributed by atoms with van der Waals surface area (Å²) in [5.74, 6) is 0.666. The molecule has 0 bridgehead atoms. The normalized spacial score (nSPS) is 16.5. The lowest BCUT2D eigenvalue weighted by Crippen LogP contribution is -2.20. The minimum atomic E-state index is -0.292. The molecule has 0 rings (SSSR count). The van der Waals surface area contributed by atoms with E-state index in [2.05, 4.69) is 20.8 Å². The lowest BCUT2D eigenvalue weighted by atomic mass is 10.1. The maximum atomic E-state index is 9.22. The van der Waals surface area contributed by atoms with E-state index in [0.29, 0.717) is 12.5 Å². The maximum Gasteiger partial charge on any atom is 0.0771 e. The molecule has 74 valence electrons.